The molecule has 0 spiro atoms. The number of nitrogens with zero attached hydrogens (tertiary/aromatic N) is 1. The fraction of sp³-hybridized carbons (Fsp3) is 0.412. The highest BCUT2D eigenvalue weighted by atomic mass is 19.4. The topological polar surface area (TPSA) is 90.0 Å². The molecule has 0 radical (unpaired) electrons. The number of ether oxygens (including phenoxy) is 2. The Bertz CT molecular complexity index is 704. The van der Waals surface area contributed by atoms with Crippen molar-refractivity contribution in [2.75, 3.05) is 14.2 Å². The number of benzene rings is 1. The van der Waals surface area contributed by atoms with Crippen molar-refractivity contribution in [3.63, 3.8) is 0 Å². The lowest BCUT2D eigenvalue weighted by Crippen LogP contribution is -2.52. The van der Waals surface area contributed by atoms with E-state index in [-0.39, 0.29) is 10.5 Å². The highest BCUT2D eigenvalue weighted by Crippen LogP contribution is 2.30. The molecule has 0 saturated heterocycles. The van der Waals surface area contributed by atoms with Gasteiger partial charge in [-0.25, -0.2) is 9.59 Å². The fourth-order valence-corrected chi connectivity index (χ4v) is 2.43. The van der Waals surface area contributed by atoms with Gasteiger partial charge >= 0.3 is 24.0 Å². The van der Waals surface area contributed by atoms with Gasteiger partial charge in [-0.1, -0.05) is 30.3 Å². The molecule has 10 heteroatoms. The second kappa shape index (κ2) is 9.15. The van der Waals surface area contributed by atoms with Crippen molar-refractivity contribution >= 4 is 23.6 Å². The molecule has 0 unspecified atom stereocenters. The standard InChI is InChI=1S/C17H18F3NO6/c1-10(11-7-5-4-6-8-11)21(16(25)17(18,19)20)12(14(23)26-2)9-13(22)15(24)27-3/h4-8,10,12H,9H2,1-3H3/t10-,12+/m0/s1. The van der Waals surface area contributed by atoms with Crippen LogP contribution in [0.4, 0.5) is 13.2 Å². The number of esters is 2. The maximum atomic E-state index is 13.1. The van der Waals surface area contributed by atoms with Crippen LogP contribution in [-0.2, 0) is 28.7 Å². The molecule has 1 amide bonds. The van der Waals surface area contributed by atoms with E-state index in [9.17, 15) is 32.3 Å². The SMILES string of the molecule is COC(=O)C(=O)C[C@H](C(=O)OC)N(C(=O)C(F)(F)F)[C@@H](C)c1ccccc1. The summed E-state index contributed by atoms with van der Waals surface area (Å²) in [6.45, 7) is 1.26. The smallest absolute Gasteiger partial charge is 0.467 e. The number of rotatable bonds is 7. The van der Waals surface area contributed by atoms with Crippen LogP contribution >= 0.6 is 0 Å². The summed E-state index contributed by atoms with van der Waals surface area (Å²) in [6, 6.07) is 4.39. The molecule has 0 saturated carbocycles. The van der Waals surface area contributed by atoms with Crippen LogP contribution in [0.5, 0.6) is 0 Å². The van der Waals surface area contributed by atoms with Gasteiger partial charge in [0.15, 0.2) is 0 Å². The molecule has 2 atom stereocenters. The summed E-state index contributed by atoms with van der Waals surface area (Å²) in [5.41, 5.74) is 0.287. The van der Waals surface area contributed by atoms with E-state index < -0.39 is 48.3 Å². The summed E-state index contributed by atoms with van der Waals surface area (Å²) in [5, 5.41) is 0. The highest BCUT2D eigenvalue weighted by molar-refractivity contribution is 6.34. The first kappa shape index (κ1) is 22.1. The zero-order valence-corrected chi connectivity index (χ0v) is 14.8. The van der Waals surface area contributed by atoms with Crippen molar-refractivity contribution < 1.29 is 41.8 Å². The largest absolute Gasteiger partial charge is 0.471 e. The molecule has 27 heavy (non-hydrogen) atoms. The molecule has 0 fully saturated rings. The molecule has 0 aliphatic carbocycles. The van der Waals surface area contributed by atoms with Crippen molar-refractivity contribution in [3.8, 4) is 0 Å². The molecule has 1 rings (SSSR count). The average molecular weight is 389 g/mol. The van der Waals surface area contributed by atoms with Crippen LogP contribution in [0.1, 0.15) is 24.9 Å². The van der Waals surface area contributed by atoms with Crippen molar-refractivity contribution in [3.05, 3.63) is 35.9 Å². The molecular formula is C17H18F3NO6. The van der Waals surface area contributed by atoms with Crippen LogP contribution in [-0.4, -0.2) is 55.0 Å². The average Bonchev–Trinajstić information content (AvgIpc) is 2.65. The third-order valence-corrected chi connectivity index (χ3v) is 3.78. The van der Waals surface area contributed by atoms with Gasteiger partial charge in [-0.3, -0.25) is 9.59 Å². The number of halogens is 3. The predicted molar refractivity (Wildman–Crippen MR) is 85.2 cm³/mol. The van der Waals surface area contributed by atoms with E-state index >= 15 is 0 Å². The zero-order chi connectivity index (χ0) is 20.8. The summed E-state index contributed by atoms with van der Waals surface area (Å²) < 4.78 is 48.1. The van der Waals surface area contributed by atoms with Crippen LogP contribution in [0, 0.1) is 0 Å². The first-order valence-electron chi connectivity index (χ1n) is 7.68. The van der Waals surface area contributed by atoms with E-state index in [0.29, 0.717) is 0 Å². The minimum Gasteiger partial charge on any atom is -0.467 e. The lowest BCUT2D eigenvalue weighted by atomic mass is 10.0. The second-order valence-corrected chi connectivity index (χ2v) is 5.45. The lowest BCUT2D eigenvalue weighted by molar-refractivity contribution is -0.193. The van der Waals surface area contributed by atoms with Crippen LogP contribution < -0.4 is 0 Å². The van der Waals surface area contributed by atoms with E-state index in [2.05, 4.69) is 9.47 Å². The summed E-state index contributed by atoms with van der Waals surface area (Å²) in [6.07, 6.45) is -6.33. The number of alkyl halides is 3. The number of amides is 1. The molecule has 0 aliphatic heterocycles. The van der Waals surface area contributed by atoms with E-state index in [0.717, 1.165) is 14.2 Å². The molecular weight excluding hydrogens is 371 g/mol. The summed E-state index contributed by atoms with van der Waals surface area (Å²) >= 11 is 0. The number of carbonyl (C=O) groups is 4. The Hall–Kier alpha value is -2.91. The quantitative estimate of drug-likeness (QED) is 0.522. The number of Topliss-reactive ketones (excluding diaryl/α,β-unsaturated/α-hetero) is 1. The summed E-state index contributed by atoms with van der Waals surface area (Å²) in [5.74, 6) is -6.23. The van der Waals surface area contributed by atoms with Gasteiger partial charge in [0.1, 0.15) is 6.04 Å². The van der Waals surface area contributed by atoms with Gasteiger partial charge in [-0.05, 0) is 12.5 Å². The molecule has 7 nitrogen and oxygen atoms in total. The minimum absolute atomic E-state index is 0.196. The third-order valence-electron chi connectivity index (χ3n) is 3.78. The van der Waals surface area contributed by atoms with Gasteiger partial charge < -0.3 is 14.4 Å². The predicted octanol–water partition coefficient (Wildman–Crippen LogP) is 1.81. The minimum atomic E-state index is -5.32. The van der Waals surface area contributed by atoms with Crippen LogP contribution in [0.2, 0.25) is 0 Å². The fourth-order valence-electron chi connectivity index (χ4n) is 2.43. The van der Waals surface area contributed by atoms with Gasteiger partial charge in [0, 0.05) is 6.42 Å². The molecule has 0 N–H and O–H groups in total. The summed E-state index contributed by atoms with van der Waals surface area (Å²) in [4.78, 5) is 47.5. The van der Waals surface area contributed by atoms with Crippen LogP contribution in [0.25, 0.3) is 0 Å². The van der Waals surface area contributed by atoms with Crippen molar-refractivity contribution in [2.45, 2.75) is 31.6 Å². The summed E-state index contributed by atoms with van der Waals surface area (Å²) in [7, 11) is 1.79. The van der Waals surface area contributed by atoms with Crippen molar-refractivity contribution in [2.24, 2.45) is 0 Å². The Balaban J connectivity index is 3.41. The van der Waals surface area contributed by atoms with Crippen molar-refractivity contribution in [1.29, 1.82) is 0 Å². The number of methoxy groups -OCH3 is 2. The monoisotopic (exact) mass is 389 g/mol. The molecule has 1 aromatic rings. The van der Waals surface area contributed by atoms with Gasteiger partial charge in [-0.15, -0.1) is 0 Å². The van der Waals surface area contributed by atoms with Crippen LogP contribution in [0.3, 0.4) is 0 Å². The van der Waals surface area contributed by atoms with Crippen LogP contribution in [0.15, 0.2) is 30.3 Å². The van der Waals surface area contributed by atoms with Gasteiger partial charge in [0.2, 0.25) is 5.78 Å². The van der Waals surface area contributed by atoms with Crippen molar-refractivity contribution in [1.82, 2.24) is 4.90 Å². The third kappa shape index (κ3) is 5.53. The Labute approximate surface area is 153 Å². The highest BCUT2D eigenvalue weighted by Gasteiger charge is 2.49. The van der Waals surface area contributed by atoms with E-state index in [1.807, 2.05) is 0 Å². The number of hydrogen-bond donors (Lipinski definition) is 0. The van der Waals surface area contributed by atoms with E-state index in [1.165, 1.54) is 31.2 Å². The number of ketones is 1. The maximum Gasteiger partial charge on any atom is 0.471 e. The van der Waals surface area contributed by atoms with Gasteiger partial charge in [0.05, 0.1) is 20.3 Å². The first-order chi connectivity index (χ1) is 12.5. The second-order valence-electron chi connectivity index (χ2n) is 5.45. The molecule has 0 aliphatic rings. The molecule has 1 aromatic carbocycles. The normalized spacial score (nSPS) is 13.3. The Kier molecular flexibility index (Phi) is 7.50. The number of carbonyl (C=O) groups excluding carboxylic acids is 4. The molecule has 0 aromatic heterocycles. The Morgan fingerprint density at radius 3 is 2.04 bits per heavy atom. The van der Waals surface area contributed by atoms with E-state index in [4.69, 9.17) is 0 Å². The Morgan fingerprint density at radius 2 is 1.59 bits per heavy atom. The zero-order valence-electron chi connectivity index (χ0n) is 14.8. The van der Waals surface area contributed by atoms with Gasteiger partial charge in [0.25, 0.3) is 0 Å². The Morgan fingerprint density at radius 1 is 1.04 bits per heavy atom. The van der Waals surface area contributed by atoms with Gasteiger partial charge in [-0.2, -0.15) is 13.2 Å². The molecule has 0 heterocycles. The lowest BCUT2D eigenvalue weighted by Gasteiger charge is -2.35. The maximum absolute atomic E-state index is 13.1. The molecule has 148 valence electrons. The number of hydrogen-bond acceptors (Lipinski definition) is 6. The first-order valence-corrected chi connectivity index (χ1v) is 7.68. The van der Waals surface area contributed by atoms with E-state index in [1.54, 1.807) is 6.07 Å². The molecule has 0 bridgehead atoms.